The van der Waals surface area contributed by atoms with E-state index in [0.29, 0.717) is 31.6 Å². The fourth-order valence-corrected chi connectivity index (χ4v) is 3.70. The number of aliphatic hydroxyl groups excluding tert-OH is 1. The Morgan fingerprint density at radius 3 is 2.32 bits per heavy atom. The number of benzene rings is 1. The number of hydrogen-bond acceptors (Lipinski definition) is 3. The van der Waals surface area contributed by atoms with Gasteiger partial charge in [0.05, 0.1) is 11.8 Å². The van der Waals surface area contributed by atoms with Crippen LogP contribution in [0.3, 0.4) is 0 Å². The van der Waals surface area contributed by atoms with Crippen molar-refractivity contribution in [2.45, 2.75) is 18.9 Å². The minimum absolute atomic E-state index is 0.365. The van der Waals surface area contributed by atoms with Crippen molar-refractivity contribution in [1.82, 2.24) is 4.31 Å². The lowest BCUT2D eigenvalue weighted by atomic mass is 10.1. The molecule has 1 saturated heterocycles. The molecule has 1 N–H and O–H groups in total. The Hall–Kier alpha value is -0.630. The summed E-state index contributed by atoms with van der Waals surface area (Å²) in [6.45, 7) is 0.731. The minimum atomic E-state index is -3.51. The van der Waals surface area contributed by atoms with Gasteiger partial charge >= 0.3 is 10.2 Å². The van der Waals surface area contributed by atoms with Crippen LogP contribution in [0.15, 0.2) is 28.7 Å². The van der Waals surface area contributed by atoms with Crippen LogP contribution >= 0.6 is 15.9 Å². The van der Waals surface area contributed by atoms with E-state index in [1.54, 1.807) is 31.3 Å². The third-order valence-corrected chi connectivity index (χ3v) is 5.74. The predicted molar refractivity (Wildman–Crippen MR) is 78.3 cm³/mol. The van der Waals surface area contributed by atoms with Crippen LogP contribution in [0.25, 0.3) is 0 Å². The Balaban J connectivity index is 2.17. The second-order valence-corrected chi connectivity index (χ2v) is 7.46. The average Bonchev–Trinajstić information content (AvgIpc) is 2.39. The summed E-state index contributed by atoms with van der Waals surface area (Å²) in [6, 6.07) is 7.11. The highest BCUT2D eigenvalue weighted by molar-refractivity contribution is 9.10. The van der Waals surface area contributed by atoms with Gasteiger partial charge in [-0.15, -0.1) is 0 Å². The molecule has 0 saturated carbocycles. The molecular weight excluding hydrogens is 332 g/mol. The van der Waals surface area contributed by atoms with Gasteiger partial charge in [-0.25, -0.2) is 0 Å². The zero-order valence-electron chi connectivity index (χ0n) is 10.7. The number of halogens is 1. The van der Waals surface area contributed by atoms with Crippen molar-refractivity contribution in [1.29, 1.82) is 0 Å². The fourth-order valence-electron chi connectivity index (χ4n) is 2.03. The van der Waals surface area contributed by atoms with Gasteiger partial charge in [-0.1, -0.05) is 15.9 Å². The third kappa shape index (κ3) is 3.28. The Labute approximate surface area is 122 Å². The monoisotopic (exact) mass is 348 g/mol. The van der Waals surface area contributed by atoms with Crippen molar-refractivity contribution >= 4 is 31.8 Å². The Morgan fingerprint density at radius 2 is 1.79 bits per heavy atom. The quantitative estimate of drug-likeness (QED) is 0.902. The molecule has 0 aliphatic carbocycles. The van der Waals surface area contributed by atoms with Crippen molar-refractivity contribution in [3.05, 3.63) is 28.7 Å². The molecule has 0 amide bonds. The van der Waals surface area contributed by atoms with E-state index in [-0.39, 0.29) is 6.10 Å². The highest BCUT2D eigenvalue weighted by atomic mass is 79.9. The number of aliphatic hydroxyl groups is 1. The molecule has 5 nitrogen and oxygen atoms in total. The number of nitrogens with zero attached hydrogens (tertiary/aromatic N) is 2. The minimum Gasteiger partial charge on any atom is -0.393 e. The van der Waals surface area contributed by atoms with Crippen LogP contribution in [0.5, 0.6) is 0 Å². The molecule has 1 heterocycles. The molecule has 0 spiro atoms. The van der Waals surface area contributed by atoms with E-state index < -0.39 is 10.2 Å². The summed E-state index contributed by atoms with van der Waals surface area (Å²) in [5.41, 5.74) is 0.620. The molecule has 1 aromatic carbocycles. The first-order valence-electron chi connectivity index (χ1n) is 6.09. The molecule has 0 bridgehead atoms. The van der Waals surface area contributed by atoms with Crippen LogP contribution in [0.4, 0.5) is 5.69 Å². The van der Waals surface area contributed by atoms with Gasteiger partial charge in [0.2, 0.25) is 0 Å². The van der Waals surface area contributed by atoms with Crippen molar-refractivity contribution in [3.8, 4) is 0 Å². The maximum absolute atomic E-state index is 12.4. The number of hydrogen-bond donors (Lipinski definition) is 1. The molecule has 1 aromatic rings. The molecule has 0 radical (unpaired) electrons. The van der Waals surface area contributed by atoms with Crippen LogP contribution in [0.1, 0.15) is 12.8 Å². The first-order chi connectivity index (χ1) is 8.91. The molecule has 1 aliphatic rings. The lowest BCUT2D eigenvalue weighted by molar-refractivity contribution is 0.113. The normalized spacial score (nSPS) is 18.5. The molecule has 106 valence electrons. The third-order valence-electron chi connectivity index (χ3n) is 3.29. The predicted octanol–water partition coefficient (Wildman–Crippen LogP) is 1.59. The molecule has 1 aliphatic heterocycles. The van der Waals surface area contributed by atoms with E-state index in [1.807, 2.05) is 0 Å². The summed E-state index contributed by atoms with van der Waals surface area (Å²) in [4.78, 5) is 0. The first-order valence-corrected chi connectivity index (χ1v) is 8.28. The van der Waals surface area contributed by atoms with E-state index in [0.717, 1.165) is 4.47 Å². The van der Waals surface area contributed by atoms with Gasteiger partial charge in [0.1, 0.15) is 0 Å². The molecule has 2 rings (SSSR count). The summed E-state index contributed by atoms with van der Waals surface area (Å²) in [6.07, 6.45) is 0.602. The highest BCUT2D eigenvalue weighted by Gasteiger charge is 2.30. The molecule has 0 unspecified atom stereocenters. The molecule has 19 heavy (non-hydrogen) atoms. The van der Waals surface area contributed by atoms with Crippen molar-refractivity contribution in [2.24, 2.45) is 0 Å². The summed E-state index contributed by atoms with van der Waals surface area (Å²) in [7, 11) is -1.97. The van der Waals surface area contributed by atoms with Gasteiger partial charge in [0, 0.05) is 24.6 Å². The highest BCUT2D eigenvalue weighted by Crippen LogP contribution is 2.23. The van der Waals surface area contributed by atoms with Crippen LogP contribution in [-0.4, -0.2) is 44.1 Å². The van der Waals surface area contributed by atoms with Gasteiger partial charge < -0.3 is 5.11 Å². The molecular formula is C12H17BrN2O3S. The topological polar surface area (TPSA) is 60.9 Å². The lowest BCUT2D eigenvalue weighted by Crippen LogP contribution is -2.46. The Kier molecular flexibility index (Phi) is 4.50. The van der Waals surface area contributed by atoms with Crippen molar-refractivity contribution < 1.29 is 13.5 Å². The first kappa shape index (κ1) is 14.8. The fraction of sp³-hybridized carbons (Fsp3) is 0.500. The zero-order chi connectivity index (χ0) is 14.0. The molecule has 0 atom stereocenters. The number of piperidine rings is 1. The number of rotatable bonds is 3. The van der Waals surface area contributed by atoms with Gasteiger partial charge in [-0.3, -0.25) is 4.31 Å². The van der Waals surface area contributed by atoms with Crippen molar-refractivity contribution in [2.75, 3.05) is 24.4 Å². The largest absolute Gasteiger partial charge is 0.393 e. The lowest BCUT2D eigenvalue weighted by Gasteiger charge is -2.32. The Morgan fingerprint density at radius 1 is 1.26 bits per heavy atom. The second-order valence-electron chi connectivity index (χ2n) is 4.58. The molecule has 7 heteroatoms. The van der Waals surface area contributed by atoms with E-state index >= 15 is 0 Å². The van der Waals surface area contributed by atoms with Crippen LogP contribution < -0.4 is 4.31 Å². The van der Waals surface area contributed by atoms with E-state index in [1.165, 1.54) is 8.61 Å². The summed E-state index contributed by atoms with van der Waals surface area (Å²) in [5, 5.41) is 9.44. The summed E-state index contributed by atoms with van der Waals surface area (Å²) < 4.78 is 28.5. The van der Waals surface area contributed by atoms with Gasteiger partial charge in [0.25, 0.3) is 0 Å². The van der Waals surface area contributed by atoms with E-state index in [9.17, 15) is 13.5 Å². The van der Waals surface area contributed by atoms with Crippen LogP contribution in [0.2, 0.25) is 0 Å². The molecule has 0 aromatic heterocycles. The van der Waals surface area contributed by atoms with Gasteiger partial charge in [-0.05, 0) is 37.1 Å². The molecule has 1 fully saturated rings. The van der Waals surface area contributed by atoms with Crippen molar-refractivity contribution in [3.63, 3.8) is 0 Å². The Bertz CT molecular complexity index is 524. The maximum atomic E-state index is 12.4. The standard InChI is InChI=1S/C12H17BrN2O3S/c1-14(11-4-2-10(13)3-5-11)19(17,18)15-8-6-12(16)7-9-15/h2-5,12,16H,6-9H2,1H3. The van der Waals surface area contributed by atoms with Gasteiger partial charge in [0.15, 0.2) is 0 Å². The maximum Gasteiger partial charge on any atom is 0.303 e. The van der Waals surface area contributed by atoms with Crippen LogP contribution in [-0.2, 0) is 10.2 Å². The zero-order valence-corrected chi connectivity index (χ0v) is 13.1. The smallest absolute Gasteiger partial charge is 0.303 e. The summed E-state index contributed by atoms with van der Waals surface area (Å²) in [5.74, 6) is 0. The number of anilines is 1. The second kappa shape index (κ2) is 5.78. The SMILES string of the molecule is CN(c1ccc(Br)cc1)S(=O)(=O)N1CCC(O)CC1. The van der Waals surface area contributed by atoms with Crippen LogP contribution in [0, 0.1) is 0 Å². The van der Waals surface area contributed by atoms with Gasteiger partial charge in [-0.2, -0.15) is 12.7 Å². The van der Waals surface area contributed by atoms with E-state index in [4.69, 9.17) is 0 Å². The van der Waals surface area contributed by atoms with E-state index in [2.05, 4.69) is 15.9 Å². The summed E-state index contributed by atoms with van der Waals surface area (Å²) >= 11 is 3.32. The average molecular weight is 349 g/mol.